The predicted molar refractivity (Wildman–Crippen MR) is 80.1 cm³/mol. The summed E-state index contributed by atoms with van der Waals surface area (Å²) in [5, 5.41) is 0. The van der Waals surface area contributed by atoms with Crippen LogP contribution in [0.3, 0.4) is 0 Å². The Hall–Kier alpha value is -1.90. The number of benzene rings is 1. The van der Waals surface area contributed by atoms with Gasteiger partial charge in [0.2, 0.25) is 0 Å². The van der Waals surface area contributed by atoms with Crippen molar-refractivity contribution in [2.24, 2.45) is 0 Å². The number of rotatable bonds is 1. The zero-order valence-corrected chi connectivity index (χ0v) is 12.3. The maximum atomic E-state index is 5.96. The van der Waals surface area contributed by atoms with E-state index in [0.29, 0.717) is 0 Å². The molecule has 100 valence electrons. The summed E-state index contributed by atoms with van der Waals surface area (Å²) in [4.78, 5) is 9.20. The summed E-state index contributed by atoms with van der Waals surface area (Å²) in [7, 11) is 0. The lowest BCUT2D eigenvalue weighted by atomic mass is 9.91. The monoisotopic (exact) mass is 255 g/mol. The normalized spacial score (nSPS) is 11.6. The molecular weight excluding hydrogens is 234 g/mol. The van der Waals surface area contributed by atoms with Crippen molar-refractivity contribution in [1.29, 1.82) is 0 Å². The highest BCUT2D eigenvalue weighted by Gasteiger charge is 2.17. The minimum absolute atomic E-state index is 0.0126. The quantitative estimate of drug-likeness (QED) is 0.791. The van der Waals surface area contributed by atoms with Gasteiger partial charge in [-0.15, -0.1) is 0 Å². The van der Waals surface area contributed by atoms with Crippen molar-refractivity contribution in [3.05, 3.63) is 41.2 Å². The number of hydrogen-bond donors (Lipinski definition) is 1. The van der Waals surface area contributed by atoms with Gasteiger partial charge in [-0.2, -0.15) is 0 Å². The Labute approximate surface area is 114 Å². The minimum Gasteiger partial charge on any atom is -0.398 e. The summed E-state index contributed by atoms with van der Waals surface area (Å²) in [5.41, 5.74) is 10.8. The zero-order valence-electron chi connectivity index (χ0n) is 12.3. The third-order valence-corrected chi connectivity index (χ3v) is 3.16. The molecule has 0 radical (unpaired) electrons. The number of aryl methyl sites for hydroxylation is 2. The molecule has 3 heteroatoms. The molecule has 0 atom stereocenters. The molecule has 19 heavy (non-hydrogen) atoms. The summed E-state index contributed by atoms with van der Waals surface area (Å²) in [6.45, 7) is 10.5. The van der Waals surface area contributed by atoms with Crippen LogP contribution in [0.25, 0.3) is 11.4 Å². The van der Waals surface area contributed by atoms with E-state index in [1.807, 2.05) is 38.1 Å². The van der Waals surface area contributed by atoms with Crippen molar-refractivity contribution in [3.8, 4) is 11.4 Å². The van der Waals surface area contributed by atoms with Gasteiger partial charge in [0.15, 0.2) is 5.82 Å². The predicted octanol–water partition coefficient (Wildman–Crippen LogP) is 3.64. The van der Waals surface area contributed by atoms with Crippen LogP contribution in [0.4, 0.5) is 5.69 Å². The molecular formula is C16H21N3. The van der Waals surface area contributed by atoms with E-state index in [-0.39, 0.29) is 5.41 Å². The van der Waals surface area contributed by atoms with Crippen LogP contribution in [0.15, 0.2) is 24.3 Å². The van der Waals surface area contributed by atoms with Crippen molar-refractivity contribution in [2.75, 3.05) is 5.73 Å². The first-order chi connectivity index (χ1) is 8.77. The molecule has 0 aliphatic heterocycles. The van der Waals surface area contributed by atoms with Gasteiger partial charge in [0.25, 0.3) is 0 Å². The van der Waals surface area contributed by atoms with Gasteiger partial charge in [0.1, 0.15) is 0 Å². The first kappa shape index (κ1) is 13.5. The molecule has 1 aromatic heterocycles. The van der Waals surface area contributed by atoms with Gasteiger partial charge in [-0.3, -0.25) is 0 Å². The van der Waals surface area contributed by atoms with E-state index in [1.54, 1.807) is 0 Å². The van der Waals surface area contributed by atoms with E-state index in [9.17, 15) is 0 Å². The highest BCUT2D eigenvalue weighted by Crippen LogP contribution is 2.25. The van der Waals surface area contributed by atoms with Gasteiger partial charge in [-0.05, 0) is 31.5 Å². The Morgan fingerprint density at radius 2 is 1.68 bits per heavy atom. The van der Waals surface area contributed by atoms with Gasteiger partial charge in [0, 0.05) is 22.4 Å². The molecule has 0 fully saturated rings. The Morgan fingerprint density at radius 3 is 2.26 bits per heavy atom. The number of anilines is 1. The van der Waals surface area contributed by atoms with Crippen molar-refractivity contribution < 1.29 is 0 Å². The van der Waals surface area contributed by atoms with Gasteiger partial charge < -0.3 is 5.73 Å². The molecule has 1 aromatic carbocycles. The van der Waals surface area contributed by atoms with Crippen LogP contribution >= 0.6 is 0 Å². The average molecular weight is 255 g/mol. The molecule has 0 aliphatic carbocycles. The minimum atomic E-state index is 0.0126. The lowest BCUT2D eigenvalue weighted by Crippen LogP contribution is -2.15. The topological polar surface area (TPSA) is 51.8 Å². The SMILES string of the molecule is Cc1cc(C(C)(C)C)nc(-c2ccc(C)c(N)c2)n1. The van der Waals surface area contributed by atoms with Gasteiger partial charge in [-0.1, -0.05) is 32.9 Å². The Bertz CT molecular complexity index is 610. The summed E-state index contributed by atoms with van der Waals surface area (Å²) < 4.78 is 0. The Balaban J connectivity index is 2.56. The average Bonchev–Trinajstić information content (AvgIpc) is 2.31. The van der Waals surface area contributed by atoms with E-state index >= 15 is 0 Å². The smallest absolute Gasteiger partial charge is 0.159 e. The Kier molecular flexibility index (Phi) is 3.31. The molecule has 0 amide bonds. The standard InChI is InChI=1S/C16H21N3/c1-10-6-7-12(9-13(10)17)15-18-11(2)8-14(19-15)16(3,4)5/h6-9H,17H2,1-5H3. The fraction of sp³-hybridized carbons (Fsp3) is 0.375. The van der Waals surface area contributed by atoms with E-state index in [0.717, 1.165) is 34.0 Å². The fourth-order valence-corrected chi connectivity index (χ4v) is 1.86. The van der Waals surface area contributed by atoms with Crippen LogP contribution in [-0.2, 0) is 5.41 Å². The maximum Gasteiger partial charge on any atom is 0.159 e. The summed E-state index contributed by atoms with van der Waals surface area (Å²) in [6.07, 6.45) is 0. The van der Waals surface area contributed by atoms with Gasteiger partial charge in [-0.25, -0.2) is 9.97 Å². The fourth-order valence-electron chi connectivity index (χ4n) is 1.86. The van der Waals surface area contributed by atoms with Crippen molar-refractivity contribution in [2.45, 2.75) is 40.0 Å². The molecule has 0 bridgehead atoms. The zero-order chi connectivity index (χ0) is 14.2. The molecule has 2 rings (SSSR count). The van der Waals surface area contributed by atoms with Crippen LogP contribution in [0.2, 0.25) is 0 Å². The number of nitrogen functional groups attached to an aromatic ring is 1. The van der Waals surface area contributed by atoms with Crippen LogP contribution in [0.1, 0.15) is 37.7 Å². The second kappa shape index (κ2) is 4.65. The highest BCUT2D eigenvalue weighted by molar-refractivity contribution is 5.63. The van der Waals surface area contributed by atoms with Crippen LogP contribution in [-0.4, -0.2) is 9.97 Å². The second-order valence-electron chi connectivity index (χ2n) is 6.04. The van der Waals surface area contributed by atoms with E-state index in [1.165, 1.54) is 0 Å². The Morgan fingerprint density at radius 1 is 1.00 bits per heavy atom. The first-order valence-corrected chi connectivity index (χ1v) is 6.50. The summed E-state index contributed by atoms with van der Waals surface area (Å²) >= 11 is 0. The molecule has 3 nitrogen and oxygen atoms in total. The molecule has 0 saturated heterocycles. The van der Waals surface area contributed by atoms with Crippen molar-refractivity contribution >= 4 is 5.69 Å². The number of nitrogens with two attached hydrogens (primary N) is 1. The number of nitrogens with zero attached hydrogens (tertiary/aromatic N) is 2. The van der Waals surface area contributed by atoms with Gasteiger partial charge in [0.05, 0.1) is 5.69 Å². The van der Waals surface area contributed by atoms with Crippen LogP contribution in [0.5, 0.6) is 0 Å². The third-order valence-electron chi connectivity index (χ3n) is 3.16. The summed E-state index contributed by atoms with van der Waals surface area (Å²) in [5.74, 6) is 0.747. The molecule has 2 N–H and O–H groups in total. The summed E-state index contributed by atoms with van der Waals surface area (Å²) in [6, 6.07) is 8.01. The number of aromatic nitrogens is 2. The van der Waals surface area contributed by atoms with E-state index < -0.39 is 0 Å². The third kappa shape index (κ3) is 2.92. The second-order valence-corrected chi connectivity index (χ2v) is 6.04. The lowest BCUT2D eigenvalue weighted by Gasteiger charge is -2.19. The number of hydrogen-bond acceptors (Lipinski definition) is 3. The molecule has 0 spiro atoms. The molecule has 1 heterocycles. The molecule has 0 unspecified atom stereocenters. The van der Waals surface area contributed by atoms with E-state index in [2.05, 4.69) is 30.7 Å². The maximum absolute atomic E-state index is 5.96. The van der Waals surface area contributed by atoms with E-state index in [4.69, 9.17) is 5.73 Å². The van der Waals surface area contributed by atoms with Crippen molar-refractivity contribution in [1.82, 2.24) is 9.97 Å². The lowest BCUT2D eigenvalue weighted by molar-refractivity contribution is 0.567. The molecule has 0 aliphatic rings. The van der Waals surface area contributed by atoms with Crippen LogP contribution < -0.4 is 5.73 Å². The largest absolute Gasteiger partial charge is 0.398 e. The van der Waals surface area contributed by atoms with Crippen LogP contribution in [0, 0.1) is 13.8 Å². The van der Waals surface area contributed by atoms with Crippen molar-refractivity contribution in [3.63, 3.8) is 0 Å². The first-order valence-electron chi connectivity index (χ1n) is 6.50. The molecule has 0 saturated carbocycles. The highest BCUT2D eigenvalue weighted by atomic mass is 14.9. The van der Waals surface area contributed by atoms with Gasteiger partial charge >= 0.3 is 0 Å². The molecule has 2 aromatic rings.